The largest absolute Gasteiger partial charge is 0.496 e. The summed E-state index contributed by atoms with van der Waals surface area (Å²) in [5, 5.41) is 9.53. The number of hydrogen-bond donors (Lipinski definition) is 2. The van der Waals surface area contributed by atoms with Crippen molar-refractivity contribution in [1.29, 1.82) is 0 Å². The first kappa shape index (κ1) is 16.4. The topological polar surface area (TPSA) is 54.9 Å². The number of aromatic amines is 1. The Hall–Kier alpha value is -3.12. The maximum atomic E-state index is 5.57. The minimum Gasteiger partial charge on any atom is -0.496 e. The van der Waals surface area contributed by atoms with Gasteiger partial charge in [0, 0.05) is 11.1 Å². The van der Waals surface area contributed by atoms with Crippen LogP contribution in [-0.2, 0) is 6.54 Å². The van der Waals surface area contributed by atoms with Gasteiger partial charge in [-0.15, -0.1) is 0 Å². The molecule has 0 aliphatic rings. The van der Waals surface area contributed by atoms with Crippen LogP contribution < -0.4 is 10.2 Å². The lowest BCUT2D eigenvalue weighted by molar-refractivity contribution is 0.410. The first-order valence-corrected chi connectivity index (χ1v) is 8.70. The molecule has 0 aliphatic heterocycles. The normalized spacial score (nSPS) is 10.8. The molecule has 130 valence electrons. The molecule has 0 saturated heterocycles. The van der Waals surface area contributed by atoms with Gasteiger partial charge < -0.3 is 10.2 Å². The van der Waals surface area contributed by atoms with E-state index in [2.05, 4.69) is 33.8 Å². The van der Waals surface area contributed by atoms with Crippen LogP contribution >= 0.6 is 12.2 Å². The van der Waals surface area contributed by atoms with Gasteiger partial charge in [-0.1, -0.05) is 60.7 Å². The van der Waals surface area contributed by atoms with Gasteiger partial charge in [0.25, 0.3) is 0 Å². The van der Waals surface area contributed by atoms with E-state index in [0.29, 0.717) is 11.3 Å². The van der Waals surface area contributed by atoms with Crippen LogP contribution in [0.25, 0.3) is 22.2 Å². The minimum atomic E-state index is 0.517. The van der Waals surface area contributed by atoms with E-state index in [4.69, 9.17) is 17.0 Å². The molecule has 2 N–H and O–H groups in total. The SMILES string of the molecule is COc1ccc2ccccc2c1CNn1c(-c2ccccc2)n[nH]c1=S. The maximum Gasteiger partial charge on any atom is 0.214 e. The summed E-state index contributed by atoms with van der Waals surface area (Å²) in [4.78, 5) is 0. The molecular weight excluding hydrogens is 344 g/mol. The van der Waals surface area contributed by atoms with E-state index >= 15 is 0 Å². The van der Waals surface area contributed by atoms with Crippen molar-refractivity contribution >= 4 is 23.0 Å². The zero-order valence-corrected chi connectivity index (χ0v) is 15.1. The monoisotopic (exact) mass is 362 g/mol. The van der Waals surface area contributed by atoms with Gasteiger partial charge in [0.2, 0.25) is 4.77 Å². The number of rotatable bonds is 5. The van der Waals surface area contributed by atoms with Gasteiger partial charge in [0.1, 0.15) is 5.75 Å². The average Bonchev–Trinajstić information content (AvgIpc) is 3.07. The van der Waals surface area contributed by atoms with Gasteiger partial charge >= 0.3 is 0 Å². The molecule has 0 bridgehead atoms. The van der Waals surface area contributed by atoms with Crippen LogP contribution in [0.15, 0.2) is 66.7 Å². The molecule has 26 heavy (non-hydrogen) atoms. The van der Waals surface area contributed by atoms with Crippen LogP contribution in [0.4, 0.5) is 0 Å². The number of benzene rings is 3. The third kappa shape index (κ3) is 2.95. The number of nitrogens with zero attached hydrogens (tertiary/aromatic N) is 2. The number of hydrogen-bond acceptors (Lipinski definition) is 4. The van der Waals surface area contributed by atoms with Crippen LogP contribution in [0.1, 0.15) is 5.56 Å². The molecule has 0 radical (unpaired) electrons. The highest BCUT2D eigenvalue weighted by molar-refractivity contribution is 7.71. The molecule has 4 rings (SSSR count). The van der Waals surface area contributed by atoms with E-state index in [9.17, 15) is 0 Å². The Morgan fingerprint density at radius 3 is 2.62 bits per heavy atom. The maximum absolute atomic E-state index is 5.57. The molecule has 0 aliphatic carbocycles. The van der Waals surface area contributed by atoms with E-state index in [-0.39, 0.29) is 0 Å². The van der Waals surface area contributed by atoms with Gasteiger partial charge in [-0.25, -0.2) is 9.77 Å². The molecule has 0 spiro atoms. The molecular formula is C20H18N4OS. The zero-order chi connectivity index (χ0) is 17.9. The Kier molecular flexibility index (Phi) is 4.41. The highest BCUT2D eigenvalue weighted by atomic mass is 32.1. The summed E-state index contributed by atoms with van der Waals surface area (Å²) in [6.45, 7) is 0.554. The molecule has 1 aromatic heterocycles. The lowest BCUT2D eigenvalue weighted by Gasteiger charge is -2.15. The smallest absolute Gasteiger partial charge is 0.214 e. The second kappa shape index (κ2) is 7.01. The molecule has 0 atom stereocenters. The molecule has 6 heteroatoms. The molecule has 3 aromatic carbocycles. The number of aromatic nitrogens is 3. The summed E-state index contributed by atoms with van der Waals surface area (Å²) in [6, 6.07) is 22.3. The predicted octanol–water partition coefficient (Wildman–Crippen LogP) is 4.51. The lowest BCUT2D eigenvalue weighted by atomic mass is 10.0. The first-order chi connectivity index (χ1) is 12.8. The van der Waals surface area contributed by atoms with Crippen LogP contribution in [0, 0.1) is 4.77 Å². The van der Waals surface area contributed by atoms with Crippen LogP contribution in [0.3, 0.4) is 0 Å². The second-order valence-electron chi connectivity index (χ2n) is 5.86. The van der Waals surface area contributed by atoms with Crippen molar-refractivity contribution in [2.75, 3.05) is 12.5 Å². The summed E-state index contributed by atoms with van der Waals surface area (Å²) < 4.78 is 7.88. The van der Waals surface area contributed by atoms with Crippen molar-refractivity contribution in [3.8, 4) is 17.1 Å². The fourth-order valence-corrected chi connectivity index (χ4v) is 3.27. The van der Waals surface area contributed by atoms with Crippen molar-refractivity contribution in [3.05, 3.63) is 77.1 Å². The van der Waals surface area contributed by atoms with E-state index in [0.717, 1.165) is 28.1 Å². The summed E-state index contributed by atoms with van der Waals surface area (Å²) >= 11 is 5.40. The molecule has 5 nitrogen and oxygen atoms in total. The summed E-state index contributed by atoms with van der Waals surface area (Å²) in [6.07, 6.45) is 0. The fourth-order valence-electron chi connectivity index (χ4n) is 3.07. The predicted molar refractivity (Wildman–Crippen MR) is 106 cm³/mol. The Morgan fingerprint density at radius 1 is 1.04 bits per heavy atom. The molecule has 0 saturated carbocycles. The minimum absolute atomic E-state index is 0.517. The fraction of sp³-hybridized carbons (Fsp3) is 0.100. The van der Waals surface area contributed by atoms with E-state index < -0.39 is 0 Å². The van der Waals surface area contributed by atoms with Gasteiger partial charge in [-0.3, -0.25) is 0 Å². The lowest BCUT2D eigenvalue weighted by Crippen LogP contribution is -2.16. The number of fused-ring (bicyclic) bond motifs is 1. The van der Waals surface area contributed by atoms with Gasteiger partial charge in [-0.05, 0) is 29.1 Å². The van der Waals surface area contributed by atoms with Crippen molar-refractivity contribution in [1.82, 2.24) is 14.9 Å². The van der Waals surface area contributed by atoms with Crippen molar-refractivity contribution in [2.24, 2.45) is 0 Å². The standard InChI is InChI=1S/C20H18N4OS/c1-25-18-12-11-14-7-5-6-10-16(14)17(18)13-21-24-19(22-23-20(24)26)15-8-3-2-4-9-15/h2-12,21H,13H2,1H3,(H,23,26). The number of H-pyrrole nitrogens is 1. The number of ether oxygens (including phenoxy) is 1. The van der Waals surface area contributed by atoms with Crippen molar-refractivity contribution in [2.45, 2.75) is 6.54 Å². The number of methoxy groups -OCH3 is 1. The molecule has 4 aromatic rings. The van der Waals surface area contributed by atoms with E-state index in [1.54, 1.807) is 11.8 Å². The Labute approximate surface area is 156 Å². The highest BCUT2D eigenvalue weighted by Gasteiger charge is 2.11. The van der Waals surface area contributed by atoms with Gasteiger partial charge in [-0.2, -0.15) is 5.10 Å². The molecule has 0 fully saturated rings. The summed E-state index contributed by atoms with van der Waals surface area (Å²) in [7, 11) is 1.69. The average molecular weight is 362 g/mol. The second-order valence-corrected chi connectivity index (χ2v) is 6.24. The third-order valence-corrected chi connectivity index (χ3v) is 4.61. The Morgan fingerprint density at radius 2 is 1.81 bits per heavy atom. The molecule has 0 amide bonds. The quantitative estimate of drug-likeness (QED) is 0.513. The van der Waals surface area contributed by atoms with Crippen LogP contribution in [0.2, 0.25) is 0 Å². The third-order valence-electron chi connectivity index (χ3n) is 4.34. The summed E-state index contributed by atoms with van der Waals surface area (Å²) in [5.74, 6) is 1.59. The van der Waals surface area contributed by atoms with Crippen LogP contribution in [-0.4, -0.2) is 22.0 Å². The highest BCUT2D eigenvalue weighted by Crippen LogP contribution is 2.28. The van der Waals surface area contributed by atoms with Gasteiger partial charge in [0.05, 0.1) is 13.7 Å². The van der Waals surface area contributed by atoms with Gasteiger partial charge in [0.15, 0.2) is 5.82 Å². The Bertz CT molecular complexity index is 1100. The molecule has 0 unspecified atom stereocenters. The zero-order valence-electron chi connectivity index (χ0n) is 14.3. The number of nitrogens with one attached hydrogen (secondary N) is 2. The van der Waals surface area contributed by atoms with E-state index in [1.165, 1.54) is 5.39 Å². The van der Waals surface area contributed by atoms with Crippen molar-refractivity contribution < 1.29 is 4.74 Å². The van der Waals surface area contributed by atoms with Crippen LogP contribution in [0.5, 0.6) is 5.75 Å². The first-order valence-electron chi connectivity index (χ1n) is 8.29. The van der Waals surface area contributed by atoms with E-state index in [1.807, 2.05) is 48.5 Å². The summed E-state index contributed by atoms with van der Waals surface area (Å²) in [5.41, 5.74) is 5.44. The Balaban J connectivity index is 1.72. The van der Waals surface area contributed by atoms with Crippen molar-refractivity contribution in [3.63, 3.8) is 0 Å². The molecule has 1 heterocycles.